The van der Waals surface area contributed by atoms with Gasteiger partial charge in [-0.2, -0.15) is 0 Å². The SMILES string of the molecule is CNCc1sc(N2CCCS(=O)(=O)CC2)nc1COC. The zero-order valence-electron chi connectivity index (χ0n) is 11.9. The highest BCUT2D eigenvalue weighted by molar-refractivity contribution is 7.91. The molecule has 0 amide bonds. The van der Waals surface area contributed by atoms with Crippen molar-refractivity contribution < 1.29 is 13.2 Å². The number of sulfone groups is 1. The van der Waals surface area contributed by atoms with E-state index in [1.54, 1.807) is 18.4 Å². The minimum Gasteiger partial charge on any atom is -0.378 e. The standard InChI is InChI=1S/C12H21N3O3S2/c1-13-8-11-10(9-18-2)14-12(19-11)15-4-3-6-20(16,17)7-5-15/h13H,3-9H2,1-2H3. The topological polar surface area (TPSA) is 71.5 Å². The Balaban J connectivity index is 2.17. The molecular formula is C12H21N3O3S2. The van der Waals surface area contributed by atoms with Gasteiger partial charge < -0.3 is 15.0 Å². The summed E-state index contributed by atoms with van der Waals surface area (Å²) in [4.78, 5) is 7.84. The first-order valence-electron chi connectivity index (χ1n) is 6.63. The maximum atomic E-state index is 11.7. The van der Waals surface area contributed by atoms with Crippen LogP contribution in [0.2, 0.25) is 0 Å². The summed E-state index contributed by atoms with van der Waals surface area (Å²) in [5, 5.41) is 4.03. The lowest BCUT2D eigenvalue weighted by Gasteiger charge is -2.17. The second-order valence-electron chi connectivity index (χ2n) is 4.82. The molecule has 1 aromatic heterocycles. The number of ether oxygens (including phenoxy) is 1. The van der Waals surface area contributed by atoms with Crippen LogP contribution in [0.3, 0.4) is 0 Å². The van der Waals surface area contributed by atoms with Gasteiger partial charge in [0.1, 0.15) is 0 Å². The van der Waals surface area contributed by atoms with Crippen molar-refractivity contribution in [3.63, 3.8) is 0 Å². The number of rotatable bonds is 5. The highest BCUT2D eigenvalue weighted by Gasteiger charge is 2.22. The minimum absolute atomic E-state index is 0.216. The first-order chi connectivity index (χ1) is 9.55. The molecule has 0 saturated carbocycles. The number of methoxy groups -OCH3 is 1. The van der Waals surface area contributed by atoms with Gasteiger partial charge in [-0.15, -0.1) is 11.3 Å². The monoisotopic (exact) mass is 319 g/mol. The van der Waals surface area contributed by atoms with E-state index in [-0.39, 0.29) is 11.5 Å². The number of nitrogens with one attached hydrogen (secondary N) is 1. The molecule has 0 unspecified atom stereocenters. The van der Waals surface area contributed by atoms with Crippen molar-refractivity contribution in [3.8, 4) is 0 Å². The molecule has 1 saturated heterocycles. The number of aromatic nitrogens is 1. The molecule has 2 heterocycles. The second kappa shape index (κ2) is 6.84. The van der Waals surface area contributed by atoms with Crippen molar-refractivity contribution in [3.05, 3.63) is 10.6 Å². The molecule has 0 radical (unpaired) electrons. The Hall–Kier alpha value is -0.700. The van der Waals surface area contributed by atoms with Crippen molar-refractivity contribution in [1.29, 1.82) is 0 Å². The summed E-state index contributed by atoms with van der Waals surface area (Å²) in [5.74, 6) is 0.497. The lowest BCUT2D eigenvalue weighted by Crippen LogP contribution is -2.26. The van der Waals surface area contributed by atoms with Gasteiger partial charge in [0.25, 0.3) is 0 Å². The van der Waals surface area contributed by atoms with Crippen LogP contribution < -0.4 is 10.2 Å². The third-order valence-corrected chi connectivity index (χ3v) is 6.09. The van der Waals surface area contributed by atoms with E-state index in [2.05, 4.69) is 15.2 Å². The molecule has 114 valence electrons. The van der Waals surface area contributed by atoms with Crippen LogP contribution in [0.25, 0.3) is 0 Å². The average Bonchev–Trinajstić information content (AvgIpc) is 2.68. The first-order valence-corrected chi connectivity index (χ1v) is 9.27. The van der Waals surface area contributed by atoms with E-state index in [0.717, 1.165) is 28.8 Å². The molecule has 1 aliphatic heterocycles. The molecule has 0 aliphatic carbocycles. The van der Waals surface area contributed by atoms with Crippen LogP contribution in [-0.4, -0.2) is 52.2 Å². The van der Waals surface area contributed by atoms with Crippen LogP contribution in [0.15, 0.2) is 0 Å². The molecule has 20 heavy (non-hydrogen) atoms. The van der Waals surface area contributed by atoms with E-state index in [1.165, 1.54) is 0 Å². The Bertz CT molecular complexity index is 519. The Morgan fingerprint density at radius 2 is 2.20 bits per heavy atom. The van der Waals surface area contributed by atoms with Crippen LogP contribution in [0, 0.1) is 0 Å². The lowest BCUT2D eigenvalue weighted by molar-refractivity contribution is 0.181. The van der Waals surface area contributed by atoms with Gasteiger partial charge in [0, 0.05) is 31.6 Å². The smallest absolute Gasteiger partial charge is 0.185 e. The fraction of sp³-hybridized carbons (Fsp3) is 0.750. The third-order valence-electron chi connectivity index (χ3n) is 3.21. The van der Waals surface area contributed by atoms with Gasteiger partial charge in [0.05, 0.1) is 23.8 Å². The molecule has 2 rings (SSSR count). The molecular weight excluding hydrogens is 298 g/mol. The van der Waals surface area contributed by atoms with Crippen molar-refractivity contribution >= 4 is 26.3 Å². The molecule has 8 heteroatoms. The molecule has 0 atom stereocenters. The summed E-state index contributed by atoms with van der Waals surface area (Å²) in [6.07, 6.45) is 0.670. The normalized spacial score (nSPS) is 19.0. The van der Waals surface area contributed by atoms with E-state index >= 15 is 0 Å². The Morgan fingerprint density at radius 3 is 2.90 bits per heavy atom. The molecule has 1 N–H and O–H groups in total. The molecule has 0 aromatic carbocycles. The summed E-state index contributed by atoms with van der Waals surface area (Å²) in [6.45, 7) is 2.52. The van der Waals surface area contributed by atoms with E-state index in [9.17, 15) is 8.42 Å². The second-order valence-corrected chi connectivity index (χ2v) is 8.19. The number of hydrogen-bond donors (Lipinski definition) is 1. The van der Waals surface area contributed by atoms with Gasteiger partial charge >= 0.3 is 0 Å². The summed E-state index contributed by atoms with van der Waals surface area (Å²) in [7, 11) is 0.665. The van der Waals surface area contributed by atoms with Gasteiger partial charge in [-0.3, -0.25) is 0 Å². The summed E-state index contributed by atoms with van der Waals surface area (Å²) in [6, 6.07) is 0. The van der Waals surface area contributed by atoms with Gasteiger partial charge in [0.2, 0.25) is 0 Å². The van der Waals surface area contributed by atoms with Gasteiger partial charge in [-0.1, -0.05) is 0 Å². The number of hydrogen-bond acceptors (Lipinski definition) is 7. The first kappa shape index (κ1) is 15.7. The van der Waals surface area contributed by atoms with Gasteiger partial charge in [0.15, 0.2) is 15.0 Å². The third kappa shape index (κ3) is 3.91. The zero-order chi connectivity index (χ0) is 14.6. The number of thiazole rings is 1. The van der Waals surface area contributed by atoms with Crippen LogP contribution >= 0.6 is 11.3 Å². The van der Waals surface area contributed by atoms with Crippen molar-refractivity contribution in [1.82, 2.24) is 10.3 Å². The predicted molar refractivity (Wildman–Crippen MR) is 81.1 cm³/mol. The van der Waals surface area contributed by atoms with E-state index < -0.39 is 9.84 Å². The van der Waals surface area contributed by atoms with Crippen LogP contribution in [-0.2, 0) is 27.7 Å². The Kier molecular flexibility index (Phi) is 5.36. The minimum atomic E-state index is -2.89. The van der Waals surface area contributed by atoms with Gasteiger partial charge in [-0.05, 0) is 13.5 Å². The largest absolute Gasteiger partial charge is 0.378 e. The molecule has 1 aromatic rings. The summed E-state index contributed by atoms with van der Waals surface area (Å²) < 4.78 is 28.5. The summed E-state index contributed by atoms with van der Waals surface area (Å²) >= 11 is 1.62. The fourth-order valence-electron chi connectivity index (χ4n) is 2.18. The molecule has 0 spiro atoms. The van der Waals surface area contributed by atoms with Gasteiger partial charge in [-0.25, -0.2) is 13.4 Å². The molecule has 1 aliphatic rings. The van der Waals surface area contributed by atoms with E-state index in [0.29, 0.717) is 19.6 Å². The number of anilines is 1. The van der Waals surface area contributed by atoms with Crippen molar-refractivity contribution in [2.24, 2.45) is 0 Å². The Morgan fingerprint density at radius 1 is 1.40 bits per heavy atom. The van der Waals surface area contributed by atoms with E-state index in [1.807, 2.05) is 7.05 Å². The van der Waals surface area contributed by atoms with Crippen LogP contribution in [0.1, 0.15) is 17.0 Å². The molecule has 0 bridgehead atoms. The van der Waals surface area contributed by atoms with E-state index in [4.69, 9.17) is 4.74 Å². The zero-order valence-corrected chi connectivity index (χ0v) is 13.5. The number of nitrogens with zero attached hydrogens (tertiary/aromatic N) is 2. The van der Waals surface area contributed by atoms with Crippen LogP contribution in [0.4, 0.5) is 5.13 Å². The highest BCUT2D eigenvalue weighted by atomic mass is 32.2. The molecule has 1 fully saturated rings. The quantitative estimate of drug-likeness (QED) is 0.858. The molecule has 6 nitrogen and oxygen atoms in total. The summed E-state index contributed by atoms with van der Waals surface area (Å²) in [5.41, 5.74) is 0.939. The van der Waals surface area contributed by atoms with Crippen LogP contribution in [0.5, 0.6) is 0 Å². The van der Waals surface area contributed by atoms with Crippen molar-refractivity contribution in [2.45, 2.75) is 19.6 Å². The van der Waals surface area contributed by atoms with Crippen molar-refractivity contribution in [2.75, 3.05) is 43.7 Å². The lowest BCUT2D eigenvalue weighted by atomic mass is 10.4. The Labute approximate surface area is 124 Å². The predicted octanol–water partition coefficient (Wildman–Crippen LogP) is 0.634. The maximum absolute atomic E-state index is 11.7. The fourth-order valence-corrected chi connectivity index (χ4v) is 4.58. The highest BCUT2D eigenvalue weighted by Crippen LogP contribution is 2.28. The average molecular weight is 319 g/mol. The maximum Gasteiger partial charge on any atom is 0.185 e.